The molecular formula is C13H19NO2. The van der Waals surface area contributed by atoms with Crippen LogP contribution in [-0.4, -0.2) is 19.1 Å². The molecule has 0 saturated heterocycles. The Morgan fingerprint density at radius 1 is 1.38 bits per heavy atom. The molecular weight excluding hydrogens is 202 g/mol. The highest BCUT2D eigenvalue weighted by Gasteiger charge is 2.05. The van der Waals surface area contributed by atoms with E-state index in [0.717, 1.165) is 18.5 Å². The summed E-state index contributed by atoms with van der Waals surface area (Å²) in [6.45, 7) is 3.62. The first-order valence-corrected chi connectivity index (χ1v) is 5.55. The lowest BCUT2D eigenvalue weighted by Crippen LogP contribution is -2.12. The van der Waals surface area contributed by atoms with Gasteiger partial charge in [0.05, 0.1) is 6.10 Å². The van der Waals surface area contributed by atoms with Crippen LogP contribution in [0, 0.1) is 0 Å². The summed E-state index contributed by atoms with van der Waals surface area (Å²) in [6, 6.07) is 7.87. The molecule has 3 nitrogen and oxygen atoms in total. The number of ether oxygens (including phenoxy) is 1. The molecule has 88 valence electrons. The monoisotopic (exact) mass is 221 g/mol. The summed E-state index contributed by atoms with van der Waals surface area (Å²) in [5.41, 5.74) is 2.06. The molecule has 1 unspecified atom stereocenters. The van der Waals surface area contributed by atoms with Gasteiger partial charge in [-0.1, -0.05) is 19.1 Å². The zero-order chi connectivity index (χ0) is 12.0. The number of methoxy groups -OCH3 is 1. The molecule has 0 radical (unpaired) electrons. The minimum atomic E-state index is -0.0453. The Bertz CT molecular complexity index is 328. The fourth-order valence-electron chi connectivity index (χ4n) is 1.58. The maximum absolute atomic E-state index is 10.8. The number of carbonyl (C=O) groups is 1. The molecule has 1 atom stereocenters. The van der Waals surface area contributed by atoms with Gasteiger partial charge in [-0.2, -0.15) is 0 Å². The van der Waals surface area contributed by atoms with Crippen molar-refractivity contribution in [2.45, 2.75) is 32.8 Å². The smallest absolute Gasteiger partial charge is 0.221 e. The van der Waals surface area contributed by atoms with E-state index in [4.69, 9.17) is 4.74 Å². The molecule has 0 aliphatic heterocycles. The molecule has 1 aromatic carbocycles. The molecule has 0 saturated carbocycles. The highest BCUT2D eigenvalue weighted by Crippen LogP contribution is 2.13. The summed E-state index contributed by atoms with van der Waals surface area (Å²) in [4.78, 5) is 10.8. The average molecular weight is 221 g/mol. The number of amides is 1. The Morgan fingerprint density at radius 3 is 2.44 bits per heavy atom. The Balaban J connectivity index is 2.60. The van der Waals surface area contributed by atoms with Crippen molar-refractivity contribution in [3.8, 4) is 0 Å². The van der Waals surface area contributed by atoms with Crippen molar-refractivity contribution in [2.24, 2.45) is 0 Å². The summed E-state index contributed by atoms with van der Waals surface area (Å²) < 4.78 is 5.33. The average Bonchev–Trinajstić information content (AvgIpc) is 2.27. The number of benzene rings is 1. The van der Waals surface area contributed by atoms with Crippen molar-refractivity contribution in [3.05, 3.63) is 29.8 Å². The lowest BCUT2D eigenvalue weighted by atomic mass is 10.1. The molecule has 1 rings (SSSR count). The first-order chi connectivity index (χ1) is 7.65. The molecule has 1 aromatic rings. The van der Waals surface area contributed by atoms with E-state index in [1.165, 1.54) is 12.5 Å². The Hall–Kier alpha value is -1.35. The molecule has 16 heavy (non-hydrogen) atoms. The van der Waals surface area contributed by atoms with E-state index in [-0.39, 0.29) is 12.0 Å². The van der Waals surface area contributed by atoms with E-state index in [1.807, 2.05) is 24.3 Å². The van der Waals surface area contributed by atoms with E-state index in [2.05, 4.69) is 12.2 Å². The topological polar surface area (TPSA) is 38.3 Å². The van der Waals surface area contributed by atoms with Crippen LogP contribution < -0.4 is 5.32 Å². The van der Waals surface area contributed by atoms with Gasteiger partial charge in [0.25, 0.3) is 0 Å². The molecule has 0 heterocycles. The molecule has 0 spiro atoms. The van der Waals surface area contributed by atoms with Crippen LogP contribution in [-0.2, 0) is 16.0 Å². The predicted molar refractivity (Wildman–Crippen MR) is 65.5 cm³/mol. The third-order valence-corrected chi connectivity index (χ3v) is 2.53. The Labute approximate surface area is 96.8 Å². The first-order valence-electron chi connectivity index (χ1n) is 5.55. The largest absolute Gasteiger partial charge is 0.381 e. The number of carbonyl (C=O) groups excluding carboxylic acids is 1. The lowest BCUT2D eigenvalue weighted by Gasteiger charge is -2.13. The minimum absolute atomic E-state index is 0.0453. The van der Waals surface area contributed by atoms with E-state index >= 15 is 0 Å². The summed E-state index contributed by atoms with van der Waals surface area (Å²) >= 11 is 0. The third kappa shape index (κ3) is 4.03. The standard InChI is InChI=1S/C13H19NO2/c1-4-13(16-3)9-11-5-7-12(8-6-11)14-10(2)15/h5-8,13H,4,9H2,1-3H3,(H,14,15). The van der Waals surface area contributed by atoms with Crippen molar-refractivity contribution in [1.29, 1.82) is 0 Å². The zero-order valence-electron chi connectivity index (χ0n) is 10.1. The molecule has 0 aliphatic carbocycles. The van der Waals surface area contributed by atoms with Crippen molar-refractivity contribution < 1.29 is 9.53 Å². The van der Waals surface area contributed by atoms with Gasteiger partial charge >= 0.3 is 0 Å². The fourth-order valence-corrected chi connectivity index (χ4v) is 1.58. The second-order valence-electron chi connectivity index (χ2n) is 3.85. The van der Waals surface area contributed by atoms with Gasteiger partial charge in [0, 0.05) is 19.7 Å². The Kier molecular flexibility index (Phi) is 4.99. The minimum Gasteiger partial charge on any atom is -0.381 e. The van der Waals surface area contributed by atoms with Gasteiger partial charge in [-0.3, -0.25) is 4.79 Å². The van der Waals surface area contributed by atoms with Crippen LogP contribution in [0.3, 0.4) is 0 Å². The van der Waals surface area contributed by atoms with E-state index in [1.54, 1.807) is 7.11 Å². The number of hydrogen-bond acceptors (Lipinski definition) is 2. The molecule has 3 heteroatoms. The van der Waals surface area contributed by atoms with E-state index in [9.17, 15) is 4.79 Å². The highest BCUT2D eigenvalue weighted by molar-refractivity contribution is 5.88. The van der Waals surface area contributed by atoms with E-state index < -0.39 is 0 Å². The molecule has 0 aromatic heterocycles. The zero-order valence-corrected chi connectivity index (χ0v) is 10.1. The molecule has 1 N–H and O–H groups in total. The third-order valence-electron chi connectivity index (χ3n) is 2.53. The van der Waals surface area contributed by atoms with Crippen LogP contribution in [0.25, 0.3) is 0 Å². The summed E-state index contributed by atoms with van der Waals surface area (Å²) in [5, 5.41) is 2.74. The first kappa shape index (κ1) is 12.7. The van der Waals surface area contributed by atoms with Crippen LogP contribution in [0.4, 0.5) is 5.69 Å². The number of hydrogen-bond donors (Lipinski definition) is 1. The van der Waals surface area contributed by atoms with Crippen LogP contribution in [0.15, 0.2) is 24.3 Å². The maximum Gasteiger partial charge on any atom is 0.221 e. The van der Waals surface area contributed by atoms with Gasteiger partial charge in [0.2, 0.25) is 5.91 Å². The fraction of sp³-hybridized carbons (Fsp3) is 0.462. The second kappa shape index (κ2) is 6.28. The number of nitrogens with one attached hydrogen (secondary N) is 1. The molecule has 1 amide bonds. The van der Waals surface area contributed by atoms with Gasteiger partial charge in [0.15, 0.2) is 0 Å². The Morgan fingerprint density at radius 2 is 2.00 bits per heavy atom. The van der Waals surface area contributed by atoms with Crippen LogP contribution >= 0.6 is 0 Å². The molecule has 0 aliphatic rings. The lowest BCUT2D eigenvalue weighted by molar-refractivity contribution is -0.114. The van der Waals surface area contributed by atoms with Gasteiger partial charge in [-0.05, 0) is 30.5 Å². The quantitative estimate of drug-likeness (QED) is 0.830. The van der Waals surface area contributed by atoms with Crippen molar-refractivity contribution in [1.82, 2.24) is 0 Å². The van der Waals surface area contributed by atoms with Gasteiger partial charge in [-0.15, -0.1) is 0 Å². The molecule has 0 bridgehead atoms. The summed E-state index contributed by atoms with van der Waals surface area (Å²) in [5.74, 6) is -0.0453. The van der Waals surface area contributed by atoms with Crippen LogP contribution in [0.2, 0.25) is 0 Å². The van der Waals surface area contributed by atoms with Crippen LogP contribution in [0.5, 0.6) is 0 Å². The van der Waals surface area contributed by atoms with E-state index in [0.29, 0.717) is 0 Å². The van der Waals surface area contributed by atoms with Crippen LogP contribution in [0.1, 0.15) is 25.8 Å². The van der Waals surface area contributed by atoms with Crippen molar-refractivity contribution in [2.75, 3.05) is 12.4 Å². The predicted octanol–water partition coefficient (Wildman–Crippen LogP) is 2.61. The highest BCUT2D eigenvalue weighted by atomic mass is 16.5. The summed E-state index contributed by atoms with van der Waals surface area (Å²) in [6.07, 6.45) is 2.18. The second-order valence-corrected chi connectivity index (χ2v) is 3.85. The number of anilines is 1. The van der Waals surface area contributed by atoms with Crippen molar-refractivity contribution in [3.63, 3.8) is 0 Å². The SMILES string of the molecule is CCC(Cc1ccc(NC(C)=O)cc1)OC. The van der Waals surface area contributed by atoms with Gasteiger partial charge in [-0.25, -0.2) is 0 Å². The molecule has 0 fully saturated rings. The maximum atomic E-state index is 10.8. The van der Waals surface area contributed by atoms with Crippen molar-refractivity contribution >= 4 is 11.6 Å². The summed E-state index contributed by atoms with van der Waals surface area (Å²) in [7, 11) is 1.74. The van der Waals surface area contributed by atoms with Gasteiger partial charge in [0.1, 0.15) is 0 Å². The van der Waals surface area contributed by atoms with Gasteiger partial charge < -0.3 is 10.1 Å². The normalized spacial score (nSPS) is 12.2. The number of rotatable bonds is 5.